The molecule has 5 saturated carbocycles. The minimum atomic E-state index is -0.764. The van der Waals surface area contributed by atoms with Crippen molar-refractivity contribution in [2.24, 2.45) is 56.7 Å². The number of rotatable bonds is 12. The van der Waals surface area contributed by atoms with Crippen LogP contribution in [0.2, 0.25) is 0 Å². The Labute approximate surface area is 313 Å². The van der Waals surface area contributed by atoms with Gasteiger partial charge in [0.1, 0.15) is 0 Å². The van der Waals surface area contributed by atoms with E-state index in [4.69, 9.17) is 5.11 Å². The molecule has 5 aliphatic carbocycles. The minimum Gasteiger partial charge on any atom is -0.481 e. The Kier molecular flexibility index (Phi) is 10.9. The summed E-state index contributed by atoms with van der Waals surface area (Å²) in [5, 5.41) is 26.3. The van der Waals surface area contributed by atoms with Gasteiger partial charge in [-0.25, -0.2) is 0 Å². The molecule has 52 heavy (non-hydrogen) atoms. The molecule has 9 unspecified atom stereocenters. The molecule has 7 nitrogen and oxygen atoms in total. The van der Waals surface area contributed by atoms with Crippen LogP contribution in [0.1, 0.15) is 154 Å². The van der Waals surface area contributed by atoms with Gasteiger partial charge in [0, 0.05) is 25.1 Å². The highest BCUT2D eigenvalue weighted by Gasteiger charge is 2.71. The second-order valence-electron chi connectivity index (χ2n) is 19.4. The fourth-order valence-corrected chi connectivity index (χ4v) is 13.8. The first-order valence-corrected chi connectivity index (χ1v) is 20.7. The molecule has 4 N–H and O–H groups in total. The molecule has 288 valence electrons. The van der Waals surface area contributed by atoms with E-state index in [9.17, 15) is 19.5 Å². The lowest BCUT2D eigenvalue weighted by Gasteiger charge is -2.72. The number of benzene rings is 1. The molecule has 5 fully saturated rings. The Bertz CT molecular complexity index is 1540. The van der Waals surface area contributed by atoms with E-state index >= 15 is 0 Å². The summed E-state index contributed by atoms with van der Waals surface area (Å²) in [6.45, 7) is 20.1. The molecule has 2 amide bonds. The lowest BCUT2D eigenvalue weighted by atomic mass is 9.32. The number of fused-ring (bicyclic) bond motifs is 7. The molecule has 1 aromatic rings. The zero-order valence-corrected chi connectivity index (χ0v) is 33.1. The Morgan fingerprint density at radius 2 is 1.58 bits per heavy atom. The molecule has 0 saturated heterocycles. The maximum Gasteiger partial charge on any atom is 0.303 e. The third-order valence-corrected chi connectivity index (χ3v) is 16.7. The van der Waals surface area contributed by atoms with Crippen molar-refractivity contribution in [3.8, 4) is 0 Å². The number of nitrogens with one attached hydrogen (secondary N) is 2. The maximum atomic E-state index is 14.7. The van der Waals surface area contributed by atoms with Crippen LogP contribution < -0.4 is 10.6 Å². The first-order valence-electron chi connectivity index (χ1n) is 20.7. The Morgan fingerprint density at radius 3 is 2.31 bits per heavy atom. The van der Waals surface area contributed by atoms with Gasteiger partial charge < -0.3 is 20.8 Å². The summed E-state index contributed by atoms with van der Waals surface area (Å²) in [4.78, 5) is 38.3. The van der Waals surface area contributed by atoms with Crippen molar-refractivity contribution in [1.82, 2.24) is 10.6 Å². The number of aliphatic hydroxyl groups excluding tert-OH is 1. The van der Waals surface area contributed by atoms with E-state index in [-0.39, 0.29) is 51.9 Å². The van der Waals surface area contributed by atoms with Crippen molar-refractivity contribution >= 4 is 17.8 Å². The first-order chi connectivity index (χ1) is 24.5. The third kappa shape index (κ3) is 6.47. The monoisotopic (exact) mass is 717 g/mol. The van der Waals surface area contributed by atoms with Gasteiger partial charge in [0.2, 0.25) is 5.91 Å². The number of amides is 2. The van der Waals surface area contributed by atoms with Crippen molar-refractivity contribution in [3.63, 3.8) is 0 Å². The van der Waals surface area contributed by atoms with E-state index in [1.165, 1.54) is 31.3 Å². The number of allylic oxidation sites excluding steroid dienone is 1. The molecular formula is C45H68N2O5. The number of carboxylic acid groups (broad SMARTS) is 1. The van der Waals surface area contributed by atoms with E-state index in [0.29, 0.717) is 48.7 Å². The molecule has 0 radical (unpaired) electrons. The molecule has 0 heterocycles. The number of aliphatic hydroxyl groups is 1. The van der Waals surface area contributed by atoms with Gasteiger partial charge in [0.25, 0.3) is 5.91 Å². The zero-order valence-electron chi connectivity index (χ0n) is 33.1. The standard InChI is InChI=1S/C45H68N2O5/c1-29(2)32-18-23-45(40(52)47-28-30-13-12-14-31(27-30)39(51)46-26-11-9-8-10-15-37(49)50)25-24-43(6)33(38(32)45)16-17-35-42(5)21-20-36(48)41(3,4)34(42)19-22-44(35,43)7/h12-14,27,32-36,38,48H,1,8-11,15-26,28H2,2-7H3,(H,46,51)(H,47,52)(H,49,50)/t32?,33?,34?,35?,36?,38?,42?,43-,44?,45?/m1/s1. The van der Waals surface area contributed by atoms with Gasteiger partial charge in [-0.2, -0.15) is 0 Å². The normalized spacial score (nSPS) is 38.9. The maximum absolute atomic E-state index is 14.7. The number of aliphatic carboxylic acids is 1. The van der Waals surface area contributed by atoms with Crippen molar-refractivity contribution in [1.29, 1.82) is 0 Å². The predicted molar refractivity (Wildman–Crippen MR) is 206 cm³/mol. The fraction of sp³-hybridized carbons (Fsp3) is 0.756. The SMILES string of the molecule is C=C(C)C1CCC2(C(=O)NCc3cccc(C(=O)NCCCCCCC(=O)O)c3)CC[C@]3(C)C(CCC4C5(C)CCC(O)C(C)(C)C5CCC43C)C12. The smallest absolute Gasteiger partial charge is 0.303 e. The van der Waals surface area contributed by atoms with Crippen LogP contribution in [-0.2, 0) is 16.1 Å². The fourth-order valence-electron chi connectivity index (χ4n) is 13.8. The molecule has 10 atom stereocenters. The third-order valence-electron chi connectivity index (χ3n) is 16.7. The Balaban J connectivity index is 1.15. The lowest BCUT2D eigenvalue weighted by molar-refractivity contribution is -0.246. The quantitative estimate of drug-likeness (QED) is 0.127. The van der Waals surface area contributed by atoms with E-state index < -0.39 is 11.4 Å². The average molecular weight is 717 g/mol. The molecule has 0 aromatic heterocycles. The summed E-state index contributed by atoms with van der Waals surface area (Å²) in [6, 6.07) is 7.60. The van der Waals surface area contributed by atoms with Crippen LogP contribution in [0, 0.1) is 56.7 Å². The lowest BCUT2D eigenvalue weighted by Crippen LogP contribution is -2.67. The highest BCUT2D eigenvalue weighted by molar-refractivity contribution is 5.94. The Morgan fingerprint density at radius 1 is 0.827 bits per heavy atom. The summed E-state index contributed by atoms with van der Waals surface area (Å²) in [5.41, 5.74) is 2.88. The number of carboxylic acids is 1. The molecule has 0 aliphatic heterocycles. The molecule has 0 bridgehead atoms. The van der Waals surface area contributed by atoms with Gasteiger partial charge in [-0.3, -0.25) is 14.4 Å². The number of carbonyl (C=O) groups excluding carboxylic acids is 2. The van der Waals surface area contributed by atoms with Crippen LogP contribution in [-0.4, -0.2) is 40.6 Å². The van der Waals surface area contributed by atoms with Gasteiger partial charge in [-0.15, -0.1) is 0 Å². The molecule has 0 spiro atoms. The van der Waals surface area contributed by atoms with Crippen LogP contribution in [0.15, 0.2) is 36.4 Å². The summed E-state index contributed by atoms with van der Waals surface area (Å²) < 4.78 is 0. The van der Waals surface area contributed by atoms with Crippen LogP contribution >= 0.6 is 0 Å². The summed E-state index contributed by atoms with van der Waals surface area (Å²) in [6.07, 6.45) is 13.9. The average Bonchev–Trinajstić information content (AvgIpc) is 3.50. The zero-order chi connectivity index (χ0) is 37.7. The van der Waals surface area contributed by atoms with Crippen molar-refractivity contribution < 1.29 is 24.6 Å². The topological polar surface area (TPSA) is 116 Å². The molecular weight excluding hydrogens is 649 g/mol. The molecule has 6 rings (SSSR count). The minimum absolute atomic E-state index is 0.0583. The first kappa shape index (κ1) is 39.0. The van der Waals surface area contributed by atoms with E-state index in [1.807, 2.05) is 24.3 Å². The number of unbranched alkanes of at least 4 members (excludes halogenated alkanes) is 3. The van der Waals surface area contributed by atoms with E-state index in [2.05, 4.69) is 58.8 Å². The van der Waals surface area contributed by atoms with Crippen molar-refractivity contribution in [3.05, 3.63) is 47.5 Å². The van der Waals surface area contributed by atoms with Crippen molar-refractivity contribution in [2.75, 3.05) is 6.54 Å². The second-order valence-corrected chi connectivity index (χ2v) is 19.4. The van der Waals surface area contributed by atoms with Crippen molar-refractivity contribution in [2.45, 2.75) is 151 Å². The second kappa shape index (κ2) is 14.5. The van der Waals surface area contributed by atoms with E-state index in [0.717, 1.165) is 63.4 Å². The highest BCUT2D eigenvalue weighted by atomic mass is 16.4. The van der Waals surface area contributed by atoms with Crippen LogP contribution in [0.25, 0.3) is 0 Å². The van der Waals surface area contributed by atoms with Gasteiger partial charge in [-0.05, 0) is 153 Å². The summed E-state index contributed by atoms with van der Waals surface area (Å²) >= 11 is 0. The largest absolute Gasteiger partial charge is 0.481 e. The van der Waals surface area contributed by atoms with Gasteiger partial charge in [0.15, 0.2) is 0 Å². The van der Waals surface area contributed by atoms with Crippen LogP contribution in [0.4, 0.5) is 0 Å². The van der Waals surface area contributed by atoms with Gasteiger partial charge in [0.05, 0.1) is 11.5 Å². The Hall–Kier alpha value is -2.67. The number of hydrogen-bond donors (Lipinski definition) is 4. The molecule has 7 heteroatoms. The number of hydrogen-bond acceptors (Lipinski definition) is 4. The van der Waals surface area contributed by atoms with E-state index in [1.54, 1.807) is 0 Å². The van der Waals surface area contributed by atoms with Gasteiger partial charge >= 0.3 is 5.97 Å². The van der Waals surface area contributed by atoms with Crippen LogP contribution in [0.3, 0.4) is 0 Å². The molecule has 5 aliphatic rings. The summed E-state index contributed by atoms with van der Waals surface area (Å²) in [7, 11) is 0. The molecule has 1 aromatic carbocycles. The summed E-state index contributed by atoms with van der Waals surface area (Å²) in [5.74, 6) is 1.59. The van der Waals surface area contributed by atoms with Gasteiger partial charge in [-0.1, -0.05) is 71.7 Å². The number of carbonyl (C=O) groups is 3. The predicted octanol–water partition coefficient (Wildman–Crippen LogP) is 9.09. The highest BCUT2D eigenvalue weighted by Crippen LogP contribution is 2.77. The van der Waals surface area contributed by atoms with Crippen LogP contribution in [0.5, 0.6) is 0 Å².